The third-order valence-electron chi connectivity index (χ3n) is 6.38. The van der Waals surface area contributed by atoms with Gasteiger partial charge in [0.25, 0.3) is 0 Å². The highest BCUT2D eigenvalue weighted by Crippen LogP contribution is 2.27. The Kier molecular flexibility index (Phi) is 6.86. The molecule has 0 spiro atoms. The summed E-state index contributed by atoms with van der Waals surface area (Å²) in [5, 5.41) is 15.1. The van der Waals surface area contributed by atoms with Gasteiger partial charge in [-0.3, -0.25) is 28.9 Å². The zero-order valence-electron chi connectivity index (χ0n) is 21.2. The summed E-state index contributed by atoms with van der Waals surface area (Å²) in [5.41, 5.74) is 9.91. The first-order valence-electron chi connectivity index (χ1n) is 12.3. The molecule has 39 heavy (non-hydrogen) atoms. The lowest BCUT2D eigenvalue weighted by atomic mass is 10.0. The molecule has 0 saturated carbocycles. The standard InChI is InChI=1S/C27H26N8O4/c1-14(28)25(36)34-20(26(37)32-15(2)27(38)39)11-16-13-35(21-6-4-3-5-17(16)21)22-12-31-24-19(33-22)8-7-18-23(24)30-10-9-29-18/h3-10,12-15,20H,11,28H2,1-2H3,(H,32,37)(H,34,36)(H,38,39)/t14-,15-,20-/m0/s1. The fraction of sp³-hybridized carbons (Fsp3) is 0.222. The van der Waals surface area contributed by atoms with Crippen LogP contribution in [0, 0.1) is 0 Å². The number of carboxylic acids is 1. The monoisotopic (exact) mass is 526 g/mol. The van der Waals surface area contributed by atoms with Gasteiger partial charge in [-0.05, 0) is 37.6 Å². The van der Waals surface area contributed by atoms with Crippen LogP contribution >= 0.6 is 0 Å². The number of para-hydroxylation sites is 1. The molecule has 0 bridgehead atoms. The summed E-state index contributed by atoms with van der Waals surface area (Å²) < 4.78 is 1.86. The van der Waals surface area contributed by atoms with E-state index in [0.29, 0.717) is 22.4 Å². The number of nitrogens with zero attached hydrogens (tertiary/aromatic N) is 5. The molecule has 0 radical (unpaired) electrons. The minimum atomic E-state index is -1.19. The minimum absolute atomic E-state index is 0.0887. The predicted molar refractivity (Wildman–Crippen MR) is 144 cm³/mol. The van der Waals surface area contributed by atoms with E-state index >= 15 is 0 Å². The van der Waals surface area contributed by atoms with Crippen molar-refractivity contribution in [1.82, 2.24) is 35.1 Å². The number of aliphatic carboxylic acids is 1. The highest BCUT2D eigenvalue weighted by atomic mass is 16.4. The Labute approximate surface area is 222 Å². The zero-order valence-corrected chi connectivity index (χ0v) is 21.2. The molecule has 0 aliphatic carbocycles. The molecule has 12 nitrogen and oxygen atoms in total. The van der Waals surface area contributed by atoms with Crippen molar-refractivity contribution < 1.29 is 19.5 Å². The summed E-state index contributed by atoms with van der Waals surface area (Å²) in [4.78, 5) is 54.9. The van der Waals surface area contributed by atoms with E-state index in [-0.39, 0.29) is 6.42 Å². The summed E-state index contributed by atoms with van der Waals surface area (Å²) >= 11 is 0. The van der Waals surface area contributed by atoms with Crippen molar-refractivity contribution in [3.05, 3.63) is 66.7 Å². The van der Waals surface area contributed by atoms with Gasteiger partial charge in [-0.1, -0.05) is 18.2 Å². The van der Waals surface area contributed by atoms with Crippen LogP contribution in [0.1, 0.15) is 19.4 Å². The van der Waals surface area contributed by atoms with Crippen molar-refractivity contribution in [3.63, 3.8) is 0 Å². The van der Waals surface area contributed by atoms with Crippen molar-refractivity contribution in [2.75, 3.05) is 0 Å². The van der Waals surface area contributed by atoms with Crippen molar-refractivity contribution in [1.29, 1.82) is 0 Å². The first kappa shape index (κ1) is 25.7. The predicted octanol–water partition coefficient (Wildman–Crippen LogP) is 1.48. The number of carboxylic acid groups (broad SMARTS) is 1. The maximum absolute atomic E-state index is 13.0. The van der Waals surface area contributed by atoms with E-state index in [9.17, 15) is 19.5 Å². The Hall–Kier alpha value is -4.97. The number of rotatable bonds is 8. The van der Waals surface area contributed by atoms with Crippen LogP contribution in [-0.2, 0) is 20.8 Å². The first-order valence-corrected chi connectivity index (χ1v) is 12.3. The largest absolute Gasteiger partial charge is 0.480 e. The highest BCUT2D eigenvalue weighted by molar-refractivity contribution is 5.99. The summed E-state index contributed by atoms with van der Waals surface area (Å²) in [6.45, 7) is 2.85. The molecule has 5 rings (SSSR count). The van der Waals surface area contributed by atoms with E-state index in [1.54, 1.807) is 18.6 Å². The number of hydrogen-bond donors (Lipinski definition) is 4. The quantitative estimate of drug-likeness (QED) is 0.218. The van der Waals surface area contributed by atoms with Gasteiger partial charge >= 0.3 is 5.97 Å². The molecule has 5 N–H and O–H groups in total. The molecule has 0 saturated heterocycles. The summed E-state index contributed by atoms with van der Waals surface area (Å²) in [6.07, 6.45) is 6.79. The van der Waals surface area contributed by atoms with Gasteiger partial charge in [-0.15, -0.1) is 0 Å². The van der Waals surface area contributed by atoms with Gasteiger partial charge in [0, 0.05) is 30.4 Å². The molecule has 2 amide bonds. The highest BCUT2D eigenvalue weighted by Gasteiger charge is 2.27. The summed E-state index contributed by atoms with van der Waals surface area (Å²) in [5.74, 6) is -1.80. The number of amides is 2. The van der Waals surface area contributed by atoms with E-state index in [0.717, 1.165) is 22.0 Å². The van der Waals surface area contributed by atoms with Gasteiger partial charge in [0.05, 0.1) is 28.8 Å². The van der Waals surface area contributed by atoms with E-state index in [2.05, 4.69) is 25.6 Å². The van der Waals surface area contributed by atoms with E-state index in [1.165, 1.54) is 13.8 Å². The lowest BCUT2D eigenvalue weighted by molar-refractivity contribution is -0.141. The third kappa shape index (κ3) is 5.09. The molecule has 0 aliphatic heterocycles. The number of carbonyl (C=O) groups excluding carboxylic acids is 2. The number of aromatic nitrogens is 5. The number of benzene rings is 2. The average Bonchev–Trinajstić information content (AvgIpc) is 3.30. The van der Waals surface area contributed by atoms with E-state index < -0.39 is 35.9 Å². The molecule has 2 aromatic carbocycles. The van der Waals surface area contributed by atoms with Crippen molar-refractivity contribution in [2.45, 2.75) is 38.4 Å². The van der Waals surface area contributed by atoms with E-state index in [1.807, 2.05) is 47.2 Å². The molecular weight excluding hydrogens is 500 g/mol. The van der Waals surface area contributed by atoms with Crippen LogP contribution in [0.5, 0.6) is 0 Å². The fourth-order valence-corrected chi connectivity index (χ4v) is 4.33. The Morgan fingerprint density at radius 3 is 2.44 bits per heavy atom. The van der Waals surface area contributed by atoms with Gasteiger partial charge in [0.1, 0.15) is 23.1 Å². The van der Waals surface area contributed by atoms with Gasteiger partial charge in [0.2, 0.25) is 11.8 Å². The fourth-order valence-electron chi connectivity index (χ4n) is 4.33. The number of nitrogens with two attached hydrogens (primary N) is 1. The smallest absolute Gasteiger partial charge is 0.325 e. The molecule has 198 valence electrons. The van der Waals surface area contributed by atoms with Crippen LogP contribution < -0.4 is 16.4 Å². The molecule has 3 heterocycles. The molecule has 3 aromatic heterocycles. The molecule has 0 aliphatic rings. The van der Waals surface area contributed by atoms with Crippen LogP contribution in [0.4, 0.5) is 0 Å². The molecule has 0 unspecified atom stereocenters. The van der Waals surface area contributed by atoms with Crippen LogP contribution in [0.25, 0.3) is 38.8 Å². The lowest BCUT2D eigenvalue weighted by Gasteiger charge is -2.21. The summed E-state index contributed by atoms with van der Waals surface area (Å²) in [7, 11) is 0. The number of fused-ring (bicyclic) bond motifs is 4. The molecular formula is C27H26N8O4. The zero-order chi connectivity index (χ0) is 27.7. The third-order valence-corrected chi connectivity index (χ3v) is 6.38. The second kappa shape index (κ2) is 10.4. The molecule has 12 heteroatoms. The SMILES string of the molecule is C[C@H](N)C(=O)N[C@@H](Cc1cn(-c2cnc3c(ccc4nccnc43)n2)c2ccccc12)C(=O)N[C@@H](C)C(=O)O. The number of nitrogens with one attached hydrogen (secondary N) is 2. The minimum Gasteiger partial charge on any atom is -0.480 e. The van der Waals surface area contributed by atoms with Crippen LogP contribution in [0.15, 0.2) is 61.2 Å². The van der Waals surface area contributed by atoms with Gasteiger partial charge in [-0.2, -0.15) is 0 Å². The topological polar surface area (TPSA) is 178 Å². The summed E-state index contributed by atoms with van der Waals surface area (Å²) in [6, 6.07) is 8.20. The van der Waals surface area contributed by atoms with Crippen LogP contribution in [-0.4, -0.2) is 65.5 Å². The van der Waals surface area contributed by atoms with Crippen molar-refractivity contribution >= 4 is 50.8 Å². The Morgan fingerprint density at radius 2 is 1.67 bits per heavy atom. The van der Waals surface area contributed by atoms with Crippen LogP contribution in [0.2, 0.25) is 0 Å². The maximum Gasteiger partial charge on any atom is 0.325 e. The van der Waals surface area contributed by atoms with Gasteiger partial charge < -0.3 is 21.5 Å². The Bertz CT molecular complexity index is 1730. The molecule has 5 aromatic rings. The Morgan fingerprint density at radius 1 is 0.949 bits per heavy atom. The molecule has 3 atom stereocenters. The molecule has 0 fully saturated rings. The van der Waals surface area contributed by atoms with Gasteiger partial charge in [-0.25, -0.2) is 9.97 Å². The first-order chi connectivity index (χ1) is 18.7. The van der Waals surface area contributed by atoms with Crippen LogP contribution in [0.3, 0.4) is 0 Å². The normalized spacial score (nSPS) is 13.7. The average molecular weight is 527 g/mol. The van der Waals surface area contributed by atoms with Crippen molar-refractivity contribution in [2.24, 2.45) is 5.73 Å². The van der Waals surface area contributed by atoms with E-state index in [4.69, 9.17) is 10.7 Å². The van der Waals surface area contributed by atoms with Gasteiger partial charge in [0.15, 0.2) is 5.82 Å². The van der Waals surface area contributed by atoms with Crippen molar-refractivity contribution in [3.8, 4) is 5.82 Å². The Balaban J connectivity index is 1.55. The number of hydrogen-bond acceptors (Lipinski definition) is 8. The maximum atomic E-state index is 13.0. The lowest BCUT2D eigenvalue weighted by Crippen LogP contribution is -2.54. The number of carbonyl (C=O) groups is 3. The second-order valence-corrected chi connectivity index (χ2v) is 9.25. The second-order valence-electron chi connectivity index (χ2n) is 9.25.